The summed E-state index contributed by atoms with van der Waals surface area (Å²) >= 11 is 0. The fourth-order valence-electron chi connectivity index (χ4n) is 1.70. The van der Waals surface area contributed by atoms with Gasteiger partial charge in [0.25, 0.3) is 0 Å². The van der Waals surface area contributed by atoms with E-state index < -0.39 is 4.92 Å². The van der Waals surface area contributed by atoms with Gasteiger partial charge in [-0.2, -0.15) is 10.5 Å². The minimum atomic E-state index is -0.629. The second-order valence-electron chi connectivity index (χ2n) is 4.10. The predicted octanol–water partition coefficient (Wildman–Crippen LogP) is 0.687. The summed E-state index contributed by atoms with van der Waals surface area (Å²) in [5.74, 6) is -0.00989. The number of nitro groups is 1. The molecule has 0 radical (unpaired) electrons. The number of hydrogen-bond acceptors (Lipinski definition) is 9. The van der Waals surface area contributed by atoms with Gasteiger partial charge in [-0.1, -0.05) is 0 Å². The van der Waals surface area contributed by atoms with Crippen LogP contribution in [0.2, 0.25) is 0 Å². The summed E-state index contributed by atoms with van der Waals surface area (Å²) in [6.45, 7) is 0.568. The molecule has 0 fully saturated rings. The Morgan fingerprint density at radius 3 is 2.64 bits per heavy atom. The first-order valence-corrected chi connectivity index (χ1v) is 6.36. The highest BCUT2D eigenvalue weighted by Crippen LogP contribution is 2.31. The van der Waals surface area contributed by atoms with Crippen LogP contribution in [-0.4, -0.2) is 48.2 Å². The summed E-state index contributed by atoms with van der Waals surface area (Å²) in [7, 11) is 1.56. The molecule has 116 valence electrons. The summed E-state index contributed by atoms with van der Waals surface area (Å²) in [6, 6.07) is 3.70. The first-order chi connectivity index (χ1) is 10.7. The number of nitriles is 2. The van der Waals surface area contributed by atoms with Crippen LogP contribution in [0.15, 0.2) is 6.33 Å². The normalized spacial score (nSPS) is 9.59. The van der Waals surface area contributed by atoms with Gasteiger partial charge in [0.1, 0.15) is 19.4 Å². The van der Waals surface area contributed by atoms with Crippen molar-refractivity contribution in [3.8, 4) is 12.1 Å². The van der Waals surface area contributed by atoms with Crippen LogP contribution in [0, 0.1) is 32.8 Å². The van der Waals surface area contributed by atoms with Gasteiger partial charge in [0.2, 0.25) is 11.6 Å². The van der Waals surface area contributed by atoms with E-state index in [1.165, 1.54) is 4.90 Å². The van der Waals surface area contributed by atoms with Gasteiger partial charge >= 0.3 is 5.69 Å². The standard InChI is InChI=1S/C12H15N7O3/c1-22-8-2-5-15-11-10(19(20)21)12(17-9-16-11)18(6-3-13)7-4-14/h9H,2,5-8H2,1H3,(H,15,16,17). The van der Waals surface area contributed by atoms with Crippen LogP contribution in [0.1, 0.15) is 6.42 Å². The lowest BCUT2D eigenvalue weighted by atomic mass is 10.3. The maximum Gasteiger partial charge on any atom is 0.353 e. The Morgan fingerprint density at radius 2 is 2.09 bits per heavy atom. The minimum Gasteiger partial charge on any atom is -0.385 e. The van der Waals surface area contributed by atoms with Crippen molar-refractivity contribution in [1.82, 2.24) is 9.97 Å². The molecule has 0 aliphatic rings. The van der Waals surface area contributed by atoms with Crippen molar-refractivity contribution in [3.05, 3.63) is 16.4 Å². The third-order valence-corrected chi connectivity index (χ3v) is 2.63. The van der Waals surface area contributed by atoms with E-state index in [9.17, 15) is 10.1 Å². The van der Waals surface area contributed by atoms with Gasteiger partial charge in [0, 0.05) is 20.3 Å². The number of hydrogen-bond donors (Lipinski definition) is 1. The molecule has 0 saturated carbocycles. The third-order valence-electron chi connectivity index (χ3n) is 2.63. The highest BCUT2D eigenvalue weighted by atomic mass is 16.6. The maximum absolute atomic E-state index is 11.3. The molecule has 0 saturated heterocycles. The molecule has 1 aromatic rings. The molecule has 10 nitrogen and oxygen atoms in total. The molecule has 22 heavy (non-hydrogen) atoms. The van der Waals surface area contributed by atoms with Gasteiger partial charge in [-0.15, -0.1) is 0 Å². The van der Waals surface area contributed by atoms with E-state index in [2.05, 4.69) is 15.3 Å². The van der Waals surface area contributed by atoms with Gasteiger partial charge < -0.3 is 15.0 Å². The maximum atomic E-state index is 11.3. The van der Waals surface area contributed by atoms with Crippen molar-refractivity contribution in [2.24, 2.45) is 0 Å². The van der Waals surface area contributed by atoms with Gasteiger partial charge in [0.15, 0.2) is 0 Å². The summed E-state index contributed by atoms with van der Waals surface area (Å²) < 4.78 is 4.90. The van der Waals surface area contributed by atoms with E-state index in [0.29, 0.717) is 19.6 Å². The van der Waals surface area contributed by atoms with Crippen LogP contribution in [-0.2, 0) is 4.74 Å². The molecule has 0 aliphatic heterocycles. The second kappa shape index (κ2) is 9.05. The van der Waals surface area contributed by atoms with E-state index >= 15 is 0 Å². The Balaban J connectivity index is 3.09. The molecule has 0 spiro atoms. The van der Waals surface area contributed by atoms with E-state index in [1.807, 2.05) is 12.1 Å². The third kappa shape index (κ3) is 4.54. The fourth-order valence-corrected chi connectivity index (χ4v) is 1.70. The van der Waals surface area contributed by atoms with Crippen LogP contribution in [0.3, 0.4) is 0 Å². The Bertz CT molecular complexity index is 577. The fraction of sp³-hybridized carbons (Fsp3) is 0.500. The van der Waals surface area contributed by atoms with Crippen molar-refractivity contribution in [2.45, 2.75) is 6.42 Å². The number of methoxy groups -OCH3 is 1. The highest BCUT2D eigenvalue weighted by molar-refractivity contribution is 5.70. The first kappa shape index (κ1) is 17.1. The molecule has 0 aliphatic carbocycles. The van der Waals surface area contributed by atoms with Crippen molar-refractivity contribution >= 4 is 17.3 Å². The van der Waals surface area contributed by atoms with Gasteiger partial charge in [-0.05, 0) is 6.42 Å². The average molecular weight is 305 g/mol. The molecule has 1 aromatic heterocycles. The molecule has 1 heterocycles. The smallest absolute Gasteiger partial charge is 0.353 e. The van der Waals surface area contributed by atoms with E-state index in [-0.39, 0.29) is 30.4 Å². The van der Waals surface area contributed by atoms with Gasteiger partial charge in [-0.25, -0.2) is 9.97 Å². The zero-order valence-corrected chi connectivity index (χ0v) is 12.0. The molecule has 1 rings (SSSR count). The van der Waals surface area contributed by atoms with E-state index in [0.717, 1.165) is 6.33 Å². The number of nitrogens with zero attached hydrogens (tertiary/aromatic N) is 6. The Labute approximate surface area is 127 Å². The zero-order chi connectivity index (χ0) is 16.4. The summed E-state index contributed by atoms with van der Waals surface area (Å²) in [6.07, 6.45) is 1.80. The van der Waals surface area contributed by atoms with Crippen LogP contribution in [0.25, 0.3) is 0 Å². The summed E-state index contributed by atoms with van der Waals surface area (Å²) in [4.78, 5) is 19.6. The Hall–Kier alpha value is -2.98. The second-order valence-corrected chi connectivity index (χ2v) is 4.10. The monoisotopic (exact) mass is 305 g/mol. The number of anilines is 2. The lowest BCUT2D eigenvalue weighted by Gasteiger charge is -2.17. The molecule has 0 aromatic carbocycles. The van der Waals surface area contributed by atoms with Crippen LogP contribution in [0.5, 0.6) is 0 Å². The molecule has 0 bridgehead atoms. The van der Waals surface area contributed by atoms with E-state index in [4.69, 9.17) is 15.3 Å². The lowest BCUT2D eigenvalue weighted by molar-refractivity contribution is -0.383. The van der Waals surface area contributed by atoms with E-state index in [1.54, 1.807) is 7.11 Å². The molecule has 10 heteroatoms. The first-order valence-electron chi connectivity index (χ1n) is 6.36. The van der Waals surface area contributed by atoms with Crippen molar-refractivity contribution in [2.75, 3.05) is 43.6 Å². The minimum absolute atomic E-state index is 0.0481. The van der Waals surface area contributed by atoms with Crippen molar-refractivity contribution in [3.63, 3.8) is 0 Å². The topological polar surface area (TPSA) is 141 Å². The quantitative estimate of drug-likeness (QED) is 0.301. The molecule has 1 N–H and O–H groups in total. The molecular formula is C12H15N7O3. The van der Waals surface area contributed by atoms with Crippen LogP contribution < -0.4 is 10.2 Å². The number of rotatable bonds is 9. The molecule has 0 unspecified atom stereocenters. The lowest BCUT2D eigenvalue weighted by Crippen LogP contribution is -2.26. The van der Waals surface area contributed by atoms with Gasteiger partial charge in [-0.3, -0.25) is 10.1 Å². The molecule has 0 amide bonds. The Kier molecular flexibility index (Phi) is 7.02. The molecular weight excluding hydrogens is 290 g/mol. The molecule has 0 atom stereocenters. The number of aromatic nitrogens is 2. The number of nitrogens with one attached hydrogen (secondary N) is 1. The largest absolute Gasteiger partial charge is 0.385 e. The average Bonchev–Trinajstić information content (AvgIpc) is 2.51. The van der Waals surface area contributed by atoms with Crippen molar-refractivity contribution in [1.29, 1.82) is 10.5 Å². The SMILES string of the molecule is COCCCNc1ncnc(N(CC#N)CC#N)c1[N+](=O)[O-]. The Morgan fingerprint density at radius 1 is 1.41 bits per heavy atom. The number of ether oxygens (including phenoxy) is 1. The van der Waals surface area contributed by atoms with Gasteiger partial charge in [0.05, 0.1) is 17.1 Å². The highest BCUT2D eigenvalue weighted by Gasteiger charge is 2.26. The predicted molar refractivity (Wildman–Crippen MR) is 77.1 cm³/mol. The summed E-state index contributed by atoms with van der Waals surface area (Å²) in [5, 5.41) is 31.7. The summed E-state index contributed by atoms with van der Waals surface area (Å²) in [5.41, 5.74) is -0.356. The van der Waals surface area contributed by atoms with Crippen molar-refractivity contribution < 1.29 is 9.66 Å². The van der Waals surface area contributed by atoms with Crippen LogP contribution in [0.4, 0.5) is 17.3 Å². The van der Waals surface area contributed by atoms with Crippen LogP contribution >= 0.6 is 0 Å². The zero-order valence-electron chi connectivity index (χ0n) is 12.0.